The molecule has 26 heavy (non-hydrogen) atoms. The molecule has 1 aliphatic rings. The van der Waals surface area contributed by atoms with Crippen molar-refractivity contribution in [2.75, 3.05) is 33.9 Å². The molecule has 0 saturated carbocycles. The van der Waals surface area contributed by atoms with Crippen molar-refractivity contribution >= 4 is 24.0 Å². The summed E-state index contributed by atoms with van der Waals surface area (Å²) in [5.74, 6) is 1.12. The van der Waals surface area contributed by atoms with Crippen molar-refractivity contribution in [3.63, 3.8) is 0 Å². The summed E-state index contributed by atoms with van der Waals surface area (Å²) >= 11 is 6.15. The Morgan fingerprint density at radius 2 is 1.88 bits per heavy atom. The number of hydrogen-bond acceptors (Lipinski definition) is 3. The van der Waals surface area contributed by atoms with Crippen LogP contribution in [-0.4, -0.2) is 44.2 Å². The highest BCUT2D eigenvalue weighted by atomic mass is 35.5. The van der Waals surface area contributed by atoms with E-state index in [-0.39, 0.29) is 29.9 Å². The zero-order chi connectivity index (χ0) is 16.9. The third-order valence-corrected chi connectivity index (χ3v) is 4.63. The summed E-state index contributed by atoms with van der Waals surface area (Å²) in [5, 5.41) is 0.693. The van der Waals surface area contributed by atoms with Gasteiger partial charge in [-0.05, 0) is 38.2 Å². The molecular weight excluding hydrogens is 373 g/mol. The Morgan fingerprint density at radius 3 is 2.58 bits per heavy atom. The number of benzene rings is 2. The van der Waals surface area contributed by atoms with Gasteiger partial charge in [0.1, 0.15) is 5.75 Å². The summed E-state index contributed by atoms with van der Waals surface area (Å²) in [4.78, 5) is 2.13. The van der Waals surface area contributed by atoms with Gasteiger partial charge in [-0.25, -0.2) is 0 Å². The molecule has 6 heteroatoms. The van der Waals surface area contributed by atoms with Crippen LogP contribution in [0.5, 0.6) is 5.75 Å². The molecule has 2 aromatic rings. The Kier molecular flexibility index (Phi) is 9.41. The van der Waals surface area contributed by atoms with Crippen LogP contribution >= 0.6 is 24.0 Å². The maximum atomic E-state index is 6.34. The minimum Gasteiger partial charge on any atom is -0.493 e. The first-order chi connectivity index (χ1) is 11.6. The zero-order valence-electron chi connectivity index (χ0n) is 15.2. The summed E-state index contributed by atoms with van der Waals surface area (Å²) in [6, 6.07) is 16.4. The van der Waals surface area contributed by atoms with E-state index in [1.54, 1.807) is 0 Å². The maximum absolute atomic E-state index is 6.34. The van der Waals surface area contributed by atoms with Gasteiger partial charge in [0.15, 0.2) is 0 Å². The van der Waals surface area contributed by atoms with E-state index >= 15 is 0 Å². The second-order valence-electron chi connectivity index (χ2n) is 6.43. The Hall–Kier alpha value is -1.30. The Morgan fingerprint density at radius 1 is 1.15 bits per heavy atom. The number of fused-ring (bicyclic) bond motifs is 1. The number of rotatable bonds is 5. The minimum atomic E-state index is -0.0258. The highest BCUT2D eigenvalue weighted by Crippen LogP contribution is 2.43. The van der Waals surface area contributed by atoms with Crippen molar-refractivity contribution in [1.82, 2.24) is 4.90 Å². The molecule has 2 atom stereocenters. The number of ether oxygens (including phenoxy) is 2. The fourth-order valence-electron chi connectivity index (χ4n) is 3.14. The van der Waals surface area contributed by atoms with Gasteiger partial charge in [0.2, 0.25) is 0 Å². The van der Waals surface area contributed by atoms with E-state index in [9.17, 15) is 0 Å². The fraction of sp³-hybridized carbons (Fsp3) is 0.400. The summed E-state index contributed by atoms with van der Waals surface area (Å²) in [7, 11) is 4.12. The lowest BCUT2D eigenvalue weighted by Gasteiger charge is -2.27. The molecule has 144 valence electrons. The Labute approximate surface area is 166 Å². The van der Waals surface area contributed by atoms with Crippen molar-refractivity contribution < 1.29 is 14.9 Å². The van der Waals surface area contributed by atoms with E-state index in [0.29, 0.717) is 18.2 Å². The van der Waals surface area contributed by atoms with E-state index < -0.39 is 0 Å². The molecule has 1 aliphatic heterocycles. The van der Waals surface area contributed by atoms with Crippen LogP contribution in [0, 0.1) is 0 Å². The second kappa shape index (κ2) is 10.8. The van der Waals surface area contributed by atoms with Crippen LogP contribution in [0.15, 0.2) is 48.5 Å². The standard InChI is InChI=1S/C20H24ClNO2.ClH.H2O/c1-22(2)11-13-24-20-17(15-6-4-3-5-7-15)10-12-23-19-14-16(21)8-9-18(19)20;;/h3-9,14,17,20H,10-13H2,1-2H3;1H;1H2/t17-,20-;;/m1../s1. The Bertz CT molecular complexity index is 667. The van der Waals surface area contributed by atoms with Gasteiger partial charge in [0.25, 0.3) is 0 Å². The van der Waals surface area contributed by atoms with Crippen LogP contribution in [0.1, 0.15) is 29.6 Å². The number of halogens is 2. The van der Waals surface area contributed by atoms with E-state index in [0.717, 1.165) is 24.3 Å². The first-order valence-electron chi connectivity index (χ1n) is 8.38. The topological polar surface area (TPSA) is 53.2 Å². The van der Waals surface area contributed by atoms with Crippen molar-refractivity contribution in [3.05, 3.63) is 64.7 Å². The summed E-state index contributed by atoms with van der Waals surface area (Å²) in [6.07, 6.45) is 0.894. The lowest BCUT2D eigenvalue weighted by atomic mass is 9.87. The van der Waals surface area contributed by atoms with Crippen molar-refractivity contribution in [3.8, 4) is 5.75 Å². The molecule has 2 aromatic carbocycles. The van der Waals surface area contributed by atoms with Crippen LogP contribution in [0.2, 0.25) is 5.02 Å². The Balaban J connectivity index is 0.00000169. The van der Waals surface area contributed by atoms with Gasteiger partial charge in [-0.1, -0.05) is 48.0 Å². The third kappa shape index (κ3) is 5.60. The molecule has 3 rings (SSSR count). The van der Waals surface area contributed by atoms with Crippen LogP contribution < -0.4 is 4.74 Å². The van der Waals surface area contributed by atoms with Crippen LogP contribution in [0.25, 0.3) is 0 Å². The van der Waals surface area contributed by atoms with Gasteiger partial charge < -0.3 is 19.8 Å². The third-order valence-electron chi connectivity index (χ3n) is 4.40. The van der Waals surface area contributed by atoms with Crippen molar-refractivity contribution in [1.29, 1.82) is 0 Å². The molecule has 4 nitrogen and oxygen atoms in total. The van der Waals surface area contributed by atoms with Crippen LogP contribution in [0.3, 0.4) is 0 Å². The van der Waals surface area contributed by atoms with Crippen molar-refractivity contribution in [2.24, 2.45) is 0 Å². The molecule has 0 unspecified atom stereocenters. The molecule has 0 spiro atoms. The van der Waals surface area contributed by atoms with Gasteiger partial charge in [-0.2, -0.15) is 0 Å². The van der Waals surface area contributed by atoms with Gasteiger partial charge in [0.05, 0.1) is 19.3 Å². The number of nitrogens with zero attached hydrogens (tertiary/aromatic N) is 1. The predicted octanol–water partition coefficient (Wildman–Crippen LogP) is 4.12. The largest absolute Gasteiger partial charge is 0.493 e. The quantitative estimate of drug-likeness (QED) is 0.759. The summed E-state index contributed by atoms with van der Waals surface area (Å²) < 4.78 is 12.3. The average molecular weight is 400 g/mol. The van der Waals surface area contributed by atoms with Gasteiger partial charge in [0, 0.05) is 23.0 Å². The maximum Gasteiger partial charge on any atom is 0.126 e. The predicted molar refractivity (Wildman–Crippen MR) is 109 cm³/mol. The fourth-order valence-corrected chi connectivity index (χ4v) is 3.30. The van der Waals surface area contributed by atoms with E-state index in [4.69, 9.17) is 21.1 Å². The first kappa shape index (κ1) is 22.7. The van der Waals surface area contributed by atoms with Crippen LogP contribution in [-0.2, 0) is 4.74 Å². The van der Waals surface area contributed by atoms with Gasteiger partial charge in [-0.15, -0.1) is 12.4 Å². The molecule has 0 amide bonds. The first-order valence-corrected chi connectivity index (χ1v) is 8.76. The molecule has 0 aliphatic carbocycles. The highest BCUT2D eigenvalue weighted by molar-refractivity contribution is 6.30. The molecule has 0 aromatic heterocycles. The number of hydrogen-bond donors (Lipinski definition) is 0. The van der Waals surface area contributed by atoms with Gasteiger partial charge >= 0.3 is 0 Å². The monoisotopic (exact) mass is 399 g/mol. The average Bonchev–Trinajstić information content (AvgIpc) is 2.74. The summed E-state index contributed by atoms with van der Waals surface area (Å²) in [5.41, 5.74) is 2.38. The lowest BCUT2D eigenvalue weighted by molar-refractivity contribution is 0.0249. The van der Waals surface area contributed by atoms with E-state index in [2.05, 4.69) is 43.3 Å². The van der Waals surface area contributed by atoms with E-state index in [1.165, 1.54) is 5.56 Å². The van der Waals surface area contributed by atoms with Gasteiger partial charge in [-0.3, -0.25) is 0 Å². The molecule has 2 N–H and O–H groups in total. The SMILES string of the molecule is CN(C)CCO[C@H]1c2ccc(Cl)cc2OCC[C@@H]1c1ccccc1.Cl.O. The van der Waals surface area contributed by atoms with Crippen molar-refractivity contribution in [2.45, 2.75) is 18.4 Å². The molecule has 0 saturated heterocycles. The summed E-state index contributed by atoms with van der Waals surface area (Å²) in [6.45, 7) is 2.24. The second-order valence-corrected chi connectivity index (χ2v) is 6.87. The smallest absolute Gasteiger partial charge is 0.126 e. The molecule has 0 bridgehead atoms. The molecular formula is C20H27Cl2NO3. The van der Waals surface area contributed by atoms with Crippen LogP contribution in [0.4, 0.5) is 0 Å². The minimum absolute atomic E-state index is 0. The molecule has 0 radical (unpaired) electrons. The zero-order valence-corrected chi connectivity index (χ0v) is 16.7. The van der Waals surface area contributed by atoms with E-state index in [1.807, 2.05) is 24.3 Å². The highest BCUT2D eigenvalue weighted by Gasteiger charge is 2.30. The normalized spacial score (nSPS) is 18.8. The number of likely N-dealkylation sites (N-methyl/N-ethyl adjacent to an activating group) is 1. The molecule has 0 fully saturated rings. The lowest BCUT2D eigenvalue weighted by Crippen LogP contribution is -2.22. The molecule has 1 heterocycles.